The molecule has 1 amide bonds. The number of nitrogens with two attached hydrogens (primary N) is 1. The molecule has 0 saturated heterocycles. The first kappa shape index (κ1) is 14.3. The van der Waals surface area contributed by atoms with Gasteiger partial charge in [-0.2, -0.15) is 0 Å². The van der Waals surface area contributed by atoms with Crippen LogP contribution in [0.25, 0.3) is 6.08 Å². The molecule has 0 spiro atoms. The van der Waals surface area contributed by atoms with E-state index in [1.165, 1.54) is 0 Å². The monoisotopic (exact) mass is 246 g/mol. The zero-order chi connectivity index (χ0) is 13.5. The summed E-state index contributed by atoms with van der Waals surface area (Å²) in [6, 6.07) is 7.44. The van der Waals surface area contributed by atoms with Gasteiger partial charge in [-0.25, -0.2) is 0 Å². The quantitative estimate of drug-likeness (QED) is 0.620. The van der Waals surface area contributed by atoms with Gasteiger partial charge in [0.05, 0.1) is 0 Å². The molecule has 0 aliphatic heterocycles. The van der Waals surface area contributed by atoms with Crippen molar-refractivity contribution < 1.29 is 4.79 Å². The lowest BCUT2D eigenvalue weighted by Gasteiger charge is -2.15. The molecule has 0 heterocycles. The minimum atomic E-state index is -0.0649. The van der Waals surface area contributed by atoms with Crippen molar-refractivity contribution in [3.05, 3.63) is 35.9 Å². The molecule has 1 unspecified atom stereocenters. The van der Waals surface area contributed by atoms with Crippen molar-refractivity contribution in [1.82, 2.24) is 5.32 Å². The first-order valence-corrected chi connectivity index (χ1v) is 6.30. The summed E-state index contributed by atoms with van der Waals surface area (Å²) < 4.78 is 0. The van der Waals surface area contributed by atoms with Crippen LogP contribution in [0, 0.1) is 11.8 Å². The largest absolute Gasteiger partial charge is 0.399 e. The molecule has 0 radical (unpaired) electrons. The molecule has 18 heavy (non-hydrogen) atoms. The van der Waals surface area contributed by atoms with Crippen LogP contribution in [-0.4, -0.2) is 12.5 Å². The minimum absolute atomic E-state index is 0.0649. The summed E-state index contributed by atoms with van der Waals surface area (Å²) in [4.78, 5) is 11.6. The van der Waals surface area contributed by atoms with E-state index in [1.807, 2.05) is 24.3 Å². The molecule has 0 bridgehead atoms. The average molecular weight is 246 g/mol. The van der Waals surface area contributed by atoms with Crippen LogP contribution in [0.2, 0.25) is 0 Å². The Morgan fingerprint density at radius 1 is 1.39 bits per heavy atom. The zero-order valence-corrected chi connectivity index (χ0v) is 11.3. The highest BCUT2D eigenvalue weighted by Gasteiger charge is 2.07. The van der Waals surface area contributed by atoms with E-state index in [-0.39, 0.29) is 5.91 Å². The number of anilines is 1. The number of amides is 1. The van der Waals surface area contributed by atoms with Crippen molar-refractivity contribution in [2.75, 3.05) is 12.3 Å². The summed E-state index contributed by atoms with van der Waals surface area (Å²) in [5, 5.41) is 2.89. The Morgan fingerprint density at radius 2 is 2.11 bits per heavy atom. The summed E-state index contributed by atoms with van der Waals surface area (Å²) in [5.74, 6) is 0.989. The third-order valence-electron chi connectivity index (χ3n) is 3.07. The highest BCUT2D eigenvalue weighted by atomic mass is 16.1. The Morgan fingerprint density at radius 3 is 2.72 bits per heavy atom. The van der Waals surface area contributed by atoms with Crippen LogP contribution in [0.4, 0.5) is 5.69 Å². The van der Waals surface area contributed by atoms with Crippen molar-refractivity contribution in [1.29, 1.82) is 0 Å². The van der Waals surface area contributed by atoms with Crippen LogP contribution in [0.15, 0.2) is 30.3 Å². The van der Waals surface area contributed by atoms with E-state index in [2.05, 4.69) is 26.1 Å². The molecule has 0 aliphatic carbocycles. The Labute approximate surface area is 109 Å². The van der Waals surface area contributed by atoms with Crippen LogP contribution in [-0.2, 0) is 4.79 Å². The topological polar surface area (TPSA) is 55.1 Å². The van der Waals surface area contributed by atoms with E-state index in [4.69, 9.17) is 5.73 Å². The van der Waals surface area contributed by atoms with Gasteiger partial charge in [0, 0.05) is 18.3 Å². The third-order valence-corrected chi connectivity index (χ3v) is 3.07. The van der Waals surface area contributed by atoms with Crippen LogP contribution in [0.5, 0.6) is 0 Å². The van der Waals surface area contributed by atoms with E-state index >= 15 is 0 Å². The van der Waals surface area contributed by atoms with Gasteiger partial charge in [0.2, 0.25) is 5.91 Å². The molecule has 1 aromatic carbocycles. The Balaban J connectivity index is 2.45. The Bertz CT molecular complexity index is 424. The fraction of sp³-hybridized carbons (Fsp3) is 0.400. The molecule has 0 saturated carbocycles. The number of nitrogens with one attached hydrogen (secondary N) is 1. The van der Waals surface area contributed by atoms with E-state index < -0.39 is 0 Å². The van der Waals surface area contributed by atoms with Gasteiger partial charge in [-0.3, -0.25) is 4.79 Å². The molecule has 3 nitrogen and oxygen atoms in total. The standard InChI is InChI=1S/C15H22N2O/c1-11(2)12(3)10-17-15(18)8-7-13-5-4-6-14(16)9-13/h4-9,11-12H,10,16H2,1-3H3,(H,17,18)/b8-7+. The first-order valence-electron chi connectivity index (χ1n) is 6.30. The second-order valence-electron chi connectivity index (χ2n) is 4.97. The van der Waals surface area contributed by atoms with Gasteiger partial charge in [-0.05, 0) is 35.6 Å². The molecular weight excluding hydrogens is 224 g/mol. The van der Waals surface area contributed by atoms with E-state index in [0.717, 1.165) is 5.56 Å². The lowest BCUT2D eigenvalue weighted by molar-refractivity contribution is -0.116. The molecular formula is C15H22N2O. The smallest absolute Gasteiger partial charge is 0.244 e. The second-order valence-corrected chi connectivity index (χ2v) is 4.97. The van der Waals surface area contributed by atoms with Crippen LogP contribution in [0.1, 0.15) is 26.3 Å². The van der Waals surface area contributed by atoms with Crippen molar-refractivity contribution in [2.24, 2.45) is 11.8 Å². The van der Waals surface area contributed by atoms with Gasteiger partial charge < -0.3 is 11.1 Å². The molecule has 0 aliphatic rings. The third kappa shape index (κ3) is 5.04. The van der Waals surface area contributed by atoms with E-state index in [0.29, 0.717) is 24.1 Å². The summed E-state index contributed by atoms with van der Waals surface area (Å²) in [6.07, 6.45) is 3.31. The number of hydrogen-bond acceptors (Lipinski definition) is 2. The summed E-state index contributed by atoms with van der Waals surface area (Å²) in [5.41, 5.74) is 7.29. The van der Waals surface area contributed by atoms with Crippen LogP contribution < -0.4 is 11.1 Å². The lowest BCUT2D eigenvalue weighted by Crippen LogP contribution is -2.28. The molecule has 0 aromatic heterocycles. The molecule has 1 aromatic rings. The maximum Gasteiger partial charge on any atom is 0.244 e. The van der Waals surface area contributed by atoms with Gasteiger partial charge in [0.25, 0.3) is 0 Å². The van der Waals surface area contributed by atoms with Crippen molar-refractivity contribution >= 4 is 17.7 Å². The number of hydrogen-bond donors (Lipinski definition) is 2. The summed E-state index contributed by atoms with van der Waals surface area (Å²) in [6.45, 7) is 7.14. The second kappa shape index (κ2) is 6.84. The average Bonchev–Trinajstić information content (AvgIpc) is 2.33. The number of rotatable bonds is 5. The number of benzene rings is 1. The Hall–Kier alpha value is -1.77. The summed E-state index contributed by atoms with van der Waals surface area (Å²) >= 11 is 0. The fourth-order valence-electron chi connectivity index (χ4n) is 1.39. The van der Waals surface area contributed by atoms with Crippen molar-refractivity contribution in [2.45, 2.75) is 20.8 Å². The number of carbonyl (C=O) groups is 1. The van der Waals surface area contributed by atoms with Gasteiger partial charge in [0.1, 0.15) is 0 Å². The fourth-order valence-corrected chi connectivity index (χ4v) is 1.39. The number of carbonyl (C=O) groups excluding carboxylic acids is 1. The van der Waals surface area contributed by atoms with E-state index in [9.17, 15) is 4.79 Å². The molecule has 3 N–H and O–H groups in total. The van der Waals surface area contributed by atoms with Crippen molar-refractivity contribution in [3.63, 3.8) is 0 Å². The van der Waals surface area contributed by atoms with Gasteiger partial charge in [-0.15, -0.1) is 0 Å². The molecule has 3 heteroatoms. The zero-order valence-electron chi connectivity index (χ0n) is 11.3. The Kier molecular flexibility index (Phi) is 5.43. The highest BCUT2D eigenvalue weighted by Crippen LogP contribution is 2.09. The maximum absolute atomic E-state index is 11.6. The molecule has 0 fully saturated rings. The molecule has 98 valence electrons. The number of nitrogen functional groups attached to an aromatic ring is 1. The SMILES string of the molecule is CC(C)C(C)CNC(=O)/C=C/c1cccc(N)c1. The minimum Gasteiger partial charge on any atom is -0.399 e. The molecule has 1 atom stereocenters. The van der Waals surface area contributed by atoms with Crippen LogP contribution >= 0.6 is 0 Å². The van der Waals surface area contributed by atoms with Crippen LogP contribution in [0.3, 0.4) is 0 Å². The normalized spacial score (nSPS) is 12.9. The lowest BCUT2D eigenvalue weighted by atomic mass is 9.98. The maximum atomic E-state index is 11.6. The van der Waals surface area contributed by atoms with Gasteiger partial charge in [-0.1, -0.05) is 32.9 Å². The molecule has 1 rings (SSSR count). The predicted octanol–water partition coefficient (Wildman–Crippen LogP) is 2.69. The highest BCUT2D eigenvalue weighted by molar-refractivity contribution is 5.91. The summed E-state index contributed by atoms with van der Waals surface area (Å²) in [7, 11) is 0. The van der Waals surface area contributed by atoms with Gasteiger partial charge >= 0.3 is 0 Å². The first-order chi connectivity index (χ1) is 8.49. The predicted molar refractivity (Wildman–Crippen MR) is 76.9 cm³/mol. The van der Waals surface area contributed by atoms with Gasteiger partial charge in [0.15, 0.2) is 0 Å². The van der Waals surface area contributed by atoms with E-state index in [1.54, 1.807) is 12.2 Å². The van der Waals surface area contributed by atoms with Crippen molar-refractivity contribution in [3.8, 4) is 0 Å².